The van der Waals surface area contributed by atoms with Crippen LogP contribution in [0, 0.1) is 0 Å². The molecule has 0 bridgehead atoms. The quantitative estimate of drug-likeness (QED) is 0.355. The Labute approximate surface area is 159 Å². The minimum Gasteiger partial charge on any atom is -1.00 e. The predicted octanol–water partition coefficient (Wildman–Crippen LogP) is -11.3. The molecule has 0 saturated carbocycles. The zero-order valence-electron chi connectivity index (χ0n) is 5.79. The predicted molar refractivity (Wildman–Crippen MR) is 9.47 cm³/mol. The van der Waals surface area contributed by atoms with E-state index in [0.29, 0.717) is 0 Å². The monoisotopic (exact) mass is 218 g/mol. The van der Waals surface area contributed by atoms with E-state index in [0.717, 1.165) is 0 Å². The molecule has 5 heteroatoms. The molecule has 0 aromatic rings. The Morgan fingerprint density at radius 1 is 1.00 bits per heavy atom. The van der Waals surface area contributed by atoms with E-state index in [1.165, 1.54) is 0 Å². The van der Waals surface area contributed by atoms with Crippen LogP contribution in [0.2, 0.25) is 0 Å². The van der Waals surface area contributed by atoms with Gasteiger partial charge in [0.05, 0.1) is 0 Å². The standard InChI is InChI=1S/BrH.ClH.2K.Na.2H/h2*1H;;;;;/q;;3*+1;2*-1/p-1. The van der Waals surface area contributed by atoms with Gasteiger partial charge in [-0.1, -0.05) is 0 Å². The van der Waals surface area contributed by atoms with Crippen molar-refractivity contribution >= 4 is 12.4 Å². The van der Waals surface area contributed by atoms with E-state index in [-0.39, 0.29) is 165 Å². The second kappa shape index (κ2) is 23.0. The van der Waals surface area contributed by atoms with Crippen molar-refractivity contribution in [3.63, 3.8) is 0 Å². The van der Waals surface area contributed by atoms with Gasteiger partial charge in [-0.2, -0.15) is 0 Å². The molecule has 0 unspecified atom stereocenters. The van der Waals surface area contributed by atoms with Crippen LogP contribution in [0.4, 0.5) is 0 Å². The molecule has 0 aliphatic rings. The summed E-state index contributed by atoms with van der Waals surface area (Å²) < 4.78 is 0. The molecular formula is H3BrClK2Na. The zero-order chi connectivity index (χ0) is 0. The Balaban J connectivity index is 0. The van der Waals surface area contributed by atoms with Crippen molar-refractivity contribution in [3.8, 4) is 0 Å². The fourth-order valence-electron chi connectivity index (χ4n) is 0. The molecule has 0 amide bonds. The van der Waals surface area contributed by atoms with Crippen molar-refractivity contribution in [2.75, 3.05) is 0 Å². The Kier molecular flexibility index (Phi) is 149. The summed E-state index contributed by atoms with van der Waals surface area (Å²) >= 11 is 0. The molecule has 0 aromatic heterocycles. The second-order valence-corrected chi connectivity index (χ2v) is 0. The molecule has 0 N–H and O–H groups in total. The molecular weight excluding hydrogens is 217 g/mol. The summed E-state index contributed by atoms with van der Waals surface area (Å²) in [6.45, 7) is 0. The van der Waals surface area contributed by atoms with Crippen LogP contribution < -0.4 is 149 Å². The van der Waals surface area contributed by atoms with Crippen LogP contribution in [-0.4, -0.2) is 0 Å². The van der Waals surface area contributed by atoms with E-state index in [2.05, 4.69) is 0 Å². The number of halogens is 2. The molecule has 0 atom stereocenters. The van der Waals surface area contributed by atoms with Crippen molar-refractivity contribution in [2.45, 2.75) is 0 Å². The molecule has 0 rings (SSSR count). The maximum atomic E-state index is 0. The Hall–Kier alpha value is 5.04. The third-order valence-electron chi connectivity index (χ3n) is 0. The maximum absolute atomic E-state index is 0. The molecule has 5 heavy (non-hydrogen) atoms. The van der Waals surface area contributed by atoms with Gasteiger partial charge in [-0.05, 0) is 0 Å². The number of hydrogen-bond acceptors (Lipinski definition) is 0. The van der Waals surface area contributed by atoms with Gasteiger partial charge in [0.15, 0.2) is 0 Å². The summed E-state index contributed by atoms with van der Waals surface area (Å²) in [5.74, 6) is 0. The molecule has 0 aromatic carbocycles. The fraction of sp³-hybridized carbons (Fsp3) is 0. The van der Waals surface area contributed by atoms with Crippen LogP contribution in [0.15, 0.2) is 0 Å². The molecule has 20 valence electrons. The second-order valence-electron chi connectivity index (χ2n) is 0. The van der Waals surface area contributed by atoms with Crippen LogP contribution in [0.1, 0.15) is 2.85 Å². The average molecular weight is 220 g/mol. The summed E-state index contributed by atoms with van der Waals surface area (Å²) in [5.41, 5.74) is 0. The van der Waals surface area contributed by atoms with Crippen LogP contribution in [0.25, 0.3) is 0 Å². The van der Waals surface area contributed by atoms with E-state index in [1.54, 1.807) is 0 Å². The van der Waals surface area contributed by atoms with Gasteiger partial charge >= 0.3 is 132 Å². The first kappa shape index (κ1) is 32.3. The Morgan fingerprint density at radius 2 is 1.00 bits per heavy atom. The smallest absolute Gasteiger partial charge is 1.00 e. The van der Waals surface area contributed by atoms with Crippen molar-refractivity contribution in [3.05, 3.63) is 0 Å². The van der Waals surface area contributed by atoms with Gasteiger partial charge in [0, 0.05) is 0 Å². The molecule has 0 aliphatic heterocycles. The average Bonchev–Trinajstić information content (AvgIpc) is 0. The number of hydrogen-bond donors (Lipinski definition) is 0. The first-order valence-electron chi connectivity index (χ1n) is 0. The molecule has 0 aliphatic carbocycles. The minimum absolute atomic E-state index is 0. The normalized spacial score (nSPS) is 0. The minimum atomic E-state index is 0. The van der Waals surface area contributed by atoms with E-state index < -0.39 is 0 Å². The molecule has 0 heterocycles. The van der Waals surface area contributed by atoms with Gasteiger partial charge in [0.2, 0.25) is 0 Å². The number of rotatable bonds is 0. The van der Waals surface area contributed by atoms with E-state index in [1.807, 2.05) is 0 Å². The summed E-state index contributed by atoms with van der Waals surface area (Å²) in [5, 5.41) is 0. The van der Waals surface area contributed by atoms with Crippen molar-refractivity contribution < 1.29 is 152 Å². The molecule has 0 nitrogen and oxygen atoms in total. The largest absolute Gasteiger partial charge is 1.00 e. The van der Waals surface area contributed by atoms with E-state index in [9.17, 15) is 0 Å². The van der Waals surface area contributed by atoms with Gasteiger partial charge in [0.1, 0.15) is 0 Å². The van der Waals surface area contributed by atoms with Crippen molar-refractivity contribution in [1.82, 2.24) is 0 Å². The molecule has 0 fully saturated rings. The van der Waals surface area contributed by atoms with E-state index in [4.69, 9.17) is 0 Å². The maximum Gasteiger partial charge on any atom is 1.00 e. The van der Waals surface area contributed by atoms with Crippen LogP contribution in [-0.2, 0) is 0 Å². The topological polar surface area (TPSA) is 0 Å². The van der Waals surface area contributed by atoms with Crippen molar-refractivity contribution in [1.29, 1.82) is 0 Å². The third kappa shape index (κ3) is 17.6. The molecule has 0 radical (unpaired) electrons. The third-order valence-corrected chi connectivity index (χ3v) is 0. The zero-order valence-corrected chi connectivity index (χ0v) is 14.4. The van der Waals surface area contributed by atoms with Gasteiger partial charge in [-0.3, -0.25) is 0 Å². The van der Waals surface area contributed by atoms with Crippen LogP contribution in [0.3, 0.4) is 0 Å². The molecule has 0 spiro atoms. The Bertz CT molecular complexity index is 15.7. The van der Waals surface area contributed by atoms with Gasteiger partial charge in [-0.25, -0.2) is 0 Å². The summed E-state index contributed by atoms with van der Waals surface area (Å²) in [6, 6.07) is 0. The van der Waals surface area contributed by atoms with Crippen LogP contribution in [0.5, 0.6) is 0 Å². The summed E-state index contributed by atoms with van der Waals surface area (Å²) in [4.78, 5) is 0. The first-order valence-corrected chi connectivity index (χ1v) is 0. The fourth-order valence-corrected chi connectivity index (χ4v) is 0. The summed E-state index contributed by atoms with van der Waals surface area (Å²) in [6.07, 6.45) is 0. The van der Waals surface area contributed by atoms with E-state index >= 15 is 0 Å². The van der Waals surface area contributed by atoms with Gasteiger partial charge < -0.3 is 19.8 Å². The Morgan fingerprint density at radius 3 is 1.00 bits per heavy atom. The van der Waals surface area contributed by atoms with Gasteiger partial charge in [0.25, 0.3) is 0 Å². The van der Waals surface area contributed by atoms with Crippen molar-refractivity contribution in [2.24, 2.45) is 0 Å². The van der Waals surface area contributed by atoms with Crippen LogP contribution >= 0.6 is 12.4 Å². The van der Waals surface area contributed by atoms with Gasteiger partial charge in [-0.15, -0.1) is 12.4 Å². The first-order chi connectivity index (χ1) is 0. The SMILES string of the molecule is Cl.[Br-].[H-].[H-].[K+].[K+].[Na+]. The molecule has 0 saturated heterocycles. The summed E-state index contributed by atoms with van der Waals surface area (Å²) in [7, 11) is 0.